The van der Waals surface area contributed by atoms with E-state index in [1.54, 1.807) is 12.1 Å². The van der Waals surface area contributed by atoms with E-state index in [1.165, 1.54) is 6.07 Å². The van der Waals surface area contributed by atoms with Gasteiger partial charge in [-0.2, -0.15) is 25.6 Å². The molecule has 2 aromatic rings. The Labute approximate surface area is 209 Å². The maximum absolute atomic E-state index is 13.2. The van der Waals surface area contributed by atoms with Crippen LogP contribution < -0.4 is 10.1 Å². The van der Waals surface area contributed by atoms with Crippen molar-refractivity contribution in [2.45, 2.75) is 64.1 Å². The summed E-state index contributed by atoms with van der Waals surface area (Å²) >= 11 is 1.89. The highest BCUT2D eigenvalue weighted by molar-refractivity contribution is 7.99. The number of ether oxygens (including phenoxy) is 2. The fraction of sp³-hybridized carbons (Fsp3) is 0.615. The minimum Gasteiger partial charge on any atom is -0.435 e. The van der Waals surface area contributed by atoms with Crippen molar-refractivity contribution in [2.24, 2.45) is 11.8 Å². The maximum Gasteiger partial charge on any atom is 0.387 e. The number of hydrogen-bond acceptors (Lipinski definition) is 5. The molecular formula is C26H33F2N3O3S. The predicted octanol–water partition coefficient (Wildman–Crippen LogP) is 4.69. The van der Waals surface area contributed by atoms with Crippen molar-refractivity contribution < 1.29 is 23.0 Å². The monoisotopic (exact) mass is 505 g/mol. The summed E-state index contributed by atoms with van der Waals surface area (Å²) in [5.41, 5.74) is 3.68. The molecule has 3 aliphatic rings. The van der Waals surface area contributed by atoms with Gasteiger partial charge in [0.1, 0.15) is 5.75 Å². The fourth-order valence-corrected chi connectivity index (χ4v) is 6.85. The zero-order chi connectivity index (χ0) is 24.4. The van der Waals surface area contributed by atoms with Crippen LogP contribution >= 0.6 is 11.8 Å². The van der Waals surface area contributed by atoms with Gasteiger partial charge in [-0.05, 0) is 62.8 Å². The molecule has 3 heterocycles. The molecule has 2 unspecified atom stereocenters. The first-order valence-corrected chi connectivity index (χ1v) is 13.7. The molecule has 6 nitrogen and oxygen atoms in total. The number of rotatable bonds is 7. The Morgan fingerprint density at radius 2 is 2.17 bits per heavy atom. The number of amides is 1. The lowest BCUT2D eigenvalue weighted by Gasteiger charge is -2.30. The van der Waals surface area contributed by atoms with E-state index in [-0.39, 0.29) is 23.1 Å². The van der Waals surface area contributed by atoms with Crippen LogP contribution in [-0.2, 0) is 28.9 Å². The highest BCUT2D eigenvalue weighted by Gasteiger charge is 2.36. The Hall–Kier alpha value is -2.13. The highest BCUT2D eigenvalue weighted by atomic mass is 32.2. The number of hydrogen-bond donors (Lipinski definition) is 1. The molecule has 0 saturated carbocycles. The average Bonchev–Trinajstić information content (AvgIpc) is 3.43. The van der Waals surface area contributed by atoms with E-state index in [9.17, 15) is 13.6 Å². The standard InChI is InChI=1S/C26H33F2N3O3S/c1-26(9-12-35-16-26)29-24(32)19-5-6-21-22(14-19)31(15-17-7-10-33-11-8-17)30-23(21)18-3-2-4-20(13-18)34-25(27)28/h2-4,13,17,19,25H,5-12,14-16H2,1H3,(H,29,32). The number of alkyl halides is 2. The number of thioether (sulfide) groups is 1. The number of benzene rings is 1. The Balaban J connectivity index is 1.42. The second kappa shape index (κ2) is 10.5. The highest BCUT2D eigenvalue weighted by Crippen LogP contribution is 2.36. The van der Waals surface area contributed by atoms with Crippen molar-refractivity contribution in [3.05, 3.63) is 35.5 Å². The third-order valence-corrected chi connectivity index (χ3v) is 8.80. The third-order valence-electron chi connectivity index (χ3n) is 7.47. The molecule has 190 valence electrons. The predicted molar refractivity (Wildman–Crippen MR) is 132 cm³/mol. The summed E-state index contributed by atoms with van der Waals surface area (Å²) in [7, 11) is 0. The number of nitrogens with zero attached hydrogens (tertiary/aromatic N) is 2. The van der Waals surface area contributed by atoms with E-state index < -0.39 is 6.61 Å². The van der Waals surface area contributed by atoms with Crippen LogP contribution in [0.1, 0.15) is 43.9 Å². The van der Waals surface area contributed by atoms with Crippen LogP contribution in [0.25, 0.3) is 11.3 Å². The molecule has 1 aliphatic carbocycles. The quantitative estimate of drug-likeness (QED) is 0.591. The summed E-state index contributed by atoms with van der Waals surface area (Å²) in [5, 5.41) is 8.31. The van der Waals surface area contributed by atoms with Gasteiger partial charge in [0.25, 0.3) is 0 Å². The number of halogens is 2. The van der Waals surface area contributed by atoms with Crippen molar-refractivity contribution in [1.82, 2.24) is 15.1 Å². The number of nitrogens with one attached hydrogen (secondary N) is 1. The van der Waals surface area contributed by atoms with Crippen LogP contribution in [0.4, 0.5) is 8.78 Å². The van der Waals surface area contributed by atoms with E-state index >= 15 is 0 Å². The van der Waals surface area contributed by atoms with Gasteiger partial charge in [-0.1, -0.05) is 12.1 Å². The molecule has 2 aliphatic heterocycles. The first kappa shape index (κ1) is 24.6. The van der Waals surface area contributed by atoms with Crippen LogP contribution in [0.5, 0.6) is 5.75 Å². The van der Waals surface area contributed by atoms with E-state index in [1.807, 2.05) is 17.8 Å². The summed E-state index contributed by atoms with van der Waals surface area (Å²) in [6, 6.07) is 6.77. The largest absolute Gasteiger partial charge is 0.435 e. The average molecular weight is 506 g/mol. The Kier molecular flexibility index (Phi) is 7.34. The van der Waals surface area contributed by atoms with E-state index in [0.717, 1.165) is 85.9 Å². The van der Waals surface area contributed by atoms with Crippen molar-refractivity contribution in [2.75, 3.05) is 24.7 Å². The van der Waals surface area contributed by atoms with Crippen LogP contribution in [0.15, 0.2) is 24.3 Å². The molecule has 0 bridgehead atoms. The molecule has 2 fully saturated rings. The minimum atomic E-state index is -2.87. The lowest BCUT2D eigenvalue weighted by atomic mass is 9.84. The van der Waals surface area contributed by atoms with Gasteiger partial charge >= 0.3 is 6.61 Å². The molecule has 0 spiro atoms. The molecule has 9 heteroatoms. The van der Waals surface area contributed by atoms with Crippen LogP contribution in [-0.4, -0.2) is 52.6 Å². The van der Waals surface area contributed by atoms with Gasteiger partial charge in [0.15, 0.2) is 0 Å². The normalized spacial score (nSPS) is 25.0. The Morgan fingerprint density at radius 1 is 1.34 bits per heavy atom. The Morgan fingerprint density at radius 3 is 2.91 bits per heavy atom. The van der Waals surface area contributed by atoms with Crippen molar-refractivity contribution >= 4 is 17.7 Å². The van der Waals surface area contributed by atoms with Gasteiger partial charge in [-0.3, -0.25) is 9.48 Å². The lowest BCUT2D eigenvalue weighted by molar-refractivity contribution is -0.126. The summed E-state index contributed by atoms with van der Waals surface area (Å²) in [6.07, 6.45) is 5.12. The summed E-state index contributed by atoms with van der Waals surface area (Å²) in [5.74, 6) is 2.68. The second-order valence-corrected chi connectivity index (χ2v) is 11.3. The maximum atomic E-state index is 13.2. The first-order chi connectivity index (χ1) is 16.9. The summed E-state index contributed by atoms with van der Waals surface area (Å²) in [6.45, 7) is 1.57. The van der Waals surface area contributed by atoms with Gasteiger partial charge in [0, 0.05) is 60.2 Å². The van der Waals surface area contributed by atoms with Gasteiger partial charge in [0.2, 0.25) is 5.91 Å². The molecular weight excluding hydrogens is 472 g/mol. The van der Waals surface area contributed by atoms with E-state index in [4.69, 9.17) is 9.84 Å². The zero-order valence-corrected chi connectivity index (χ0v) is 20.9. The number of aromatic nitrogens is 2. The van der Waals surface area contributed by atoms with Gasteiger partial charge in [-0.25, -0.2) is 0 Å². The number of carbonyl (C=O) groups excluding carboxylic acids is 1. The molecule has 2 saturated heterocycles. The summed E-state index contributed by atoms with van der Waals surface area (Å²) in [4.78, 5) is 13.2. The molecule has 1 amide bonds. The van der Waals surface area contributed by atoms with Gasteiger partial charge in [0.05, 0.1) is 5.69 Å². The van der Waals surface area contributed by atoms with Crippen LogP contribution in [0.3, 0.4) is 0 Å². The second-order valence-electron chi connectivity index (χ2n) is 10.2. The smallest absolute Gasteiger partial charge is 0.387 e. The van der Waals surface area contributed by atoms with Crippen molar-refractivity contribution in [1.29, 1.82) is 0 Å². The molecule has 5 rings (SSSR count). The molecule has 35 heavy (non-hydrogen) atoms. The topological polar surface area (TPSA) is 65.4 Å². The molecule has 2 atom stereocenters. The SMILES string of the molecule is CC1(NC(=O)C2CCc3c(-c4cccc(OC(F)F)c4)nn(CC4CCOCC4)c3C2)CCSC1. The van der Waals surface area contributed by atoms with Crippen LogP contribution in [0.2, 0.25) is 0 Å². The van der Waals surface area contributed by atoms with Crippen molar-refractivity contribution in [3.8, 4) is 17.0 Å². The number of fused-ring (bicyclic) bond motifs is 1. The fourth-order valence-electron chi connectivity index (χ4n) is 5.44. The Bertz CT molecular complexity index is 1050. The first-order valence-electron chi connectivity index (χ1n) is 12.5. The summed E-state index contributed by atoms with van der Waals surface area (Å²) < 4.78 is 37.8. The van der Waals surface area contributed by atoms with Gasteiger partial charge < -0.3 is 14.8 Å². The molecule has 1 N–H and O–H groups in total. The zero-order valence-electron chi connectivity index (χ0n) is 20.1. The molecule has 1 aromatic carbocycles. The molecule has 1 aromatic heterocycles. The van der Waals surface area contributed by atoms with Crippen molar-refractivity contribution in [3.63, 3.8) is 0 Å². The third kappa shape index (κ3) is 5.66. The molecule has 0 radical (unpaired) electrons. The van der Waals surface area contributed by atoms with Crippen LogP contribution in [0, 0.1) is 11.8 Å². The minimum absolute atomic E-state index is 0.0867. The lowest BCUT2D eigenvalue weighted by Crippen LogP contribution is -2.49. The number of carbonyl (C=O) groups is 1. The van der Waals surface area contributed by atoms with E-state index in [2.05, 4.69) is 21.7 Å². The van der Waals surface area contributed by atoms with E-state index in [0.29, 0.717) is 12.3 Å². The van der Waals surface area contributed by atoms with Gasteiger partial charge in [-0.15, -0.1) is 0 Å².